The minimum atomic E-state index is -0.522. The number of rotatable bonds is 3. The first-order valence-electron chi connectivity index (χ1n) is 6.47. The van der Waals surface area contributed by atoms with Crippen LogP contribution in [-0.4, -0.2) is 11.1 Å². The van der Waals surface area contributed by atoms with Gasteiger partial charge in [0.15, 0.2) is 0 Å². The molecule has 0 unspecified atom stereocenters. The number of nitrogens with one attached hydrogen (secondary N) is 1. The minimum absolute atomic E-state index is 0. The van der Waals surface area contributed by atoms with Crippen LogP contribution in [0.5, 0.6) is 0 Å². The molecule has 0 aliphatic carbocycles. The average molecular weight is 391 g/mol. The minimum Gasteiger partial charge on any atom is -0.352 e. The van der Waals surface area contributed by atoms with Gasteiger partial charge in [-0.2, -0.15) is 0 Å². The number of amides is 1. The van der Waals surface area contributed by atoms with E-state index in [-0.39, 0.29) is 13.3 Å². The summed E-state index contributed by atoms with van der Waals surface area (Å²) in [5.74, 6) is -0.0378. The van der Waals surface area contributed by atoms with Gasteiger partial charge in [0.1, 0.15) is 0 Å². The van der Waals surface area contributed by atoms with E-state index in [9.17, 15) is 9.59 Å². The second-order valence-corrected chi connectivity index (χ2v) is 6.63. The van der Waals surface area contributed by atoms with Gasteiger partial charge in [-0.05, 0) is 52.2 Å². The van der Waals surface area contributed by atoms with Crippen LogP contribution in [-0.2, 0) is 11.3 Å². The Morgan fingerprint density at radius 2 is 1.86 bits per heavy atom. The van der Waals surface area contributed by atoms with Gasteiger partial charge < -0.3 is 5.32 Å². The van der Waals surface area contributed by atoms with Crippen LogP contribution in [0.25, 0.3) is 0 Å². The number of carbonyl (C=O) groups excluding carboxylic acids is 2. The van der Waals surface area contributed by atoms with Crippen molar-refractivity contribution in [1.29, 1.82) is 0 Å². The molecule has 0 atom stereocenters. The lowest BCUT2D eigenvalue weighted by molar-refractivity contribution is -0.128. The summed E-state index contributed by atoms with van der Waals surface area (Å²) in [4.78, 5) is 22.9. The highest BCUT2D eigenvalue weighted by Gasteiger charge is 2.20. The monoisotopic (exact) mass is 389 g/mol. The summed E-state index contributed by atoms with van der Waals surface area (Å²) in [7, 11) is 0. The fourth-order valence-electron chi connectivity index (χ4n) is 1.28. The van der Waals surface area contributed by atoms with E-state index in [2.05, 4.69) is 27.8 Å². The Morgan fingerprint density at radius 3 is 2.27 bits per heavy atom. The average Bonchev–Trinajstić information content (AvgIpc) is 2.36. The van der Waals surface area contributed by atoms with Crippen LogP contribution in [0.4, 0.5) is 0 Å². The molecule has 0 saturated heterocycles. The summed E-state index contributed by atoms with van der Waals surface area (Å²) in [5.41, 5.74) is 0.805. The predicted molar refractivity (Wildman–Crippen MR) is 98.2 cm³/mol. The summed E-state index contributed by atoms with van der Waals surface area (Å²) >= 11 is 8.71. The molecule has 0 bridgehead atoms. The van der Waals surface area contributed by atoms with Crippen molar-refractivity contribution in [2.45, 2.75) is 41.7 Å². The molecule has 1 amide bonds. The number of halogens is 2. The van der Waals surface area contributed by atoms with Gasteiger partial charge in [-0.1, -0.05) is 40.3 Å². The van der Waals surface area contributed by atoms with Crippen LogP contribution in [0.2, 0.25) is 0 Å². The van der Waals surface area contributed by atoms with Crippen molar-refractivity contribution in [1.82, 2.24) is 5.32 Å². The maximum absolute atomic E-state index is 11.7. The molecule has 0 radical (unpaired) electrons. The van der Waals surface area contributed by atoms with Crippen LogP contribution in [0.1, 0.15) is 51.0 Å². The first kappa shape index (κ1) is 23.1. The lowest BCUT2D eigenvalue weighted by atomic mass is 9.95. The predicted octanol–water partition coefficient (Wildman–Crippen LogP) is 5.32. The van der Waals surface area contributed by atoms with Crippen LogP contribution in [0, 0.1) is 5.41 Å². The second-order valence-electron chi connectivity index (χ2n) is 5.43. The van der Waals surface area contributed by atoms with Gasteiger partial charge in [-0.15, -0.1) is 6.58 Å². The van der Waals surface area contributed by atoms with Crippen LogP contribution in [0.15, 0.2) is 35.3 Å². The molecule has 3 nitrogen and oxygen atoms in total. The van der Waals surface area contributed by atoms with Crippen molar-refractivity contribution in [3.05, 3.63) is 46.5 Å². The molecule has 0 aliphatic rings. The van der Waals surface area contributed by atoms with Gasteiger partial charge >= 0.3 is 0 Å². The maximum Gasteiger partial charge on any atom is 0.253 e. The lowest BCUT2D eigenvalue weighted by Crippen LogP contribution is -2.34. The molecular formula is C17H25BrClNO2. The fraction of sp³-hybridized carbons (Fsp3) is 0.412. The molecule has 1 rings (SSSR count). The largest absolute Gasteiger partial charge is 0.352 e. The summed E-state index contributed by atoms with van der Waals surface area (Å²) < 4.78 is 0.647. The summed E-state index contributed by atoms with van der Waals surface area (Å²) in [6, 6.07) is 5.24. The number of hydrogen-bond acceptors (Lipinski definition) is 2. The van der Waals surface area contributed by atoms with Crippen molar-refractivity contribution in [3.63, 3.8) is 0 Å². The summed E-state index contributed by atoms with van der Waals surface area (Å²) in [6.07, 6.45) is 1.75. The highest BCUT2D eigenvalue weighted by atomic mass is 79.9. The molecule has 1 aromatic carbocycles. The number of benzene rings is 1. The van der Waals surface area contributed by atoms with Gasteiger partial charge in [-0.25, -0.2) is 0 Å². The number of carbonyl (C=O) groups is 2. The van der Waals surface area contributed by atoms with E-state index in [0.29, 0.717) is 16.6 Å². The van der Waals surface area contributed by atoms with E-state index >= 15 is 0 Å². The zero-order valence-corrected chi connectivity index (χ0v) is 15.1. The Hall–Kier alpha value is -1.13. The Labute approximate surface area is 147 Å². The molecule has 1 aromatic rings. The molecule has 5 heteroatoms. The van der Waals surface area contributed by atoms with Gasteiger partial charge in [0.2, 0.25) is 5.91 Å². The molecule has 124 valence electrons. The Bertz CT molecular complexity index is 522. The number of allylic oxidation sites excluding steroid dienone is 1. The van der Waals surface area contributed by atoms with E-state index < -0.39 is 10.7 Å². The molecule has 1 N–H and O–H groups in total. The van der Waals surface area contributed by atoms with Crippen molar-refractivity contribution in [2.75, 3.05) is 0 Å². The van der Waals surface area contributed by atoms with Crippen molar-refractivity contribution in [2.24, 2.45) is 5.41 Å². The quantitative estimate of drug-likeness (QED) is 0.561. The Kier molecular flexibility index (Phi) is 11.1. The van der Waals surface area contributed by atoms with Gasteiger partial charge in [0, 0.05) is 22.0 Å². The molecule has 0 spiro atoms. The third-order valence-corrected chi connectivity index (χ3v) is 3.27. The van der Waals surface area contributed by atoms with E-state index in [0.717, 1.165) is 5.56 Å². The molecule has 0 aromatic heterocycles. The molecule has 22 heavy (non-hydrogen) atoms. The lowest BCUT2D eigenvalue weighted by Gasteiger charge is -2.17. The Balaban J connectivity index is 0. The smallest absolute Gasteiger partial charge is 0.253 e. The van der Waals surface area contributed by atoms with E-state index in [1.54, 1.807) is 18.2 Å². The summed E-state index contributed by atoms with van der Waals surface area (Å²) in [6.45, 7) is 11.2. The van der Waals surface area contributed by atoms with E-state index in [1.165, 1.54) is 0 Å². The third-order valence-electron chi connectivity index (χ3n) is 2.38. The van der Waals surface area contributed by atoms with Crippen LogP contribution in [0.3, 0.4) is 0 Å². The highest BCUT2D eigenvalue weighted by Crippen LogP contribution is 2.20. The SMILES string of the molecule is C.C=CC.CC(C)(C)C(=O)NCc1ccc(Br)c(C(=O)Cl)c1. The van der Waals surface area contributed by atoms with Crippen molar-refractivity contribution >= 4 is 38.7 Å². The van der Waals surface area contributed by atoms with E-state index in [1.807, 2.05) is 33.8 Å². The molecule has 0 aliphatic heterocycles. The fourth-order valence-corrected chi connectivity index (χ4v) is 1.98. The third kappa shape index (κ3) is 8.35. The first-order chi connectivity index (χ1) is 9.63. The van der Waals surface area contributed by atoms with Crippen LogP contribution >= 0.6 is 27.5 Å². The maximum atomic E-state index is 11.7. The normalized spacial score (nSPS) is 9.73. The van der Waals surface area contributed by atoms with Crippen molar-refractivity contribution in [3.8, 4) is 0 Å². The Morgan fingerprint density at radius 1 is 1.36 bits per heavy atom. The highest BCUT2D eigenvalue weighted by molar-refractivity contribution is 9.10. The van der Waals surface area contributed by atoms with Crippen LogP contribution < -0.4 is 5.32 Å². The first-order valence-corrected chi connectivity index (χ1v) is 7.64. The molecule has 0 saturated carbocycles. The molecular weight excluding hydrogens is 366 g/mol. The van der Waals surface area contributed by atoms with E-state index in [4.69, 9.17) is 11.6 Å². The zero-order chi connectivity index (χ0) is 16.6. The molecule has 0 fully saturated rings. The van der Waals surface area contributed by atoms with Crippen molar-refractivity contribution < 1.29 is 9.59 Å². The van der Waals surface area contributed by atoms with Gasteiger partial charge in [0.25, 0.3) is 5.24 Å². The van der Waals surface area contributed by atoms with Gasteiger partial charge in [-0.3, -0.25) is 9.59 Å². The number of hydrogen-bond donors (Lipinski definition) is 1. The second kappa shape index (κ2) is 10.6. The van der Waals surface area contributed by atoms with Gasteiger partial charge in [0.05, 0.1) is 0 Å². The standard InChI is InChI=1S/C13H15BrClNO2.C3H6.CH4/c1-13(2,3)12(18)16-7-8-4-5-10(14)9(6-8)11(15)17;1-3-2;/h4-6H,7H2,1-3H3,(H,16,18);3H,1H2,2H3;1H4. The molecule has 0 heterocycles. The topological polar surface area (TPSA) is 46.2 Å². The summed E-state index contributed by atoms with van der Waals surface area (Å²) in [5, 5.41) is 2.29. The zero-order valence-electron chi connectivity index (χ0n) is 12.8.